The van der Waals surface area contributed by atoms with Gasteiger partial charge in [-0.3, -0.25) is 19.6 Å². The van der Waals surface area contributed by atoms with Gasteiger partial charge >= 0.3 is 0 Å². The van der Waals surface area contributed by atoms with E-state index in [-0.39, 0.29) is 34.0 Å². The van der Waals surface area contributed by atoms with Crippen molar-refractivity contribution in [2.75, 3.05) is 18.4 Å². The second-order valence-corrected chi connectivity index (χ2v) is 7.75. The molecule has 2 aromatic heterocycles. The Morgan fingerprint density at radius 3 is 2.61 bits per heavy atom. The molecule has 2 amide bonds. The first-order chi connectivity index (χ1) is 16.0. The summed E-state index contributed by atoms with van der Waals surface area (Å²) in [5, 5.41) is 12.5. The van der Waals surface area contributed by atoms with Crippen molar-refractivity contribution >= 4 is 17.5 Å². The number of pyridine rings is 2. The van der Waals surface area contributed by atoms with E-state index in [1.165, 1.54) is 42.9 Å². The van der Waals surface area contributed by atoms with Crippen LogP contribution < -0.4 is 5.32 Å². The van der Waals surface area contributed by atoms with Gasteiger partial charge in [0, 0.05) is 31.0 Å². The minimum absolute atomic E-state index is 0.0103. The fraction of sp³-hybridized carbons (Fsp3) is 0.250. The van der Waals surface area contributed by atoms with E-state index in [2.05, 4.69) is 15.3 Å². The molecular formula is C24H22F2N4O3. The van der Waals surface area contributed by atoms with E-state index in [1.54, 1.807) is 4.90 Å². The first-order valence-electron chi connectivity index (χ1n) is 10.6. The Hall–Kier alpha value is -3.72. The second-order valence-electron chi connectivity index (χ2n) is 7.75. The molecule has 1 aliphatic rings. The summed E-state index contributed by atoms with van der Waals surface area (Å²) in [6, 6.07) is 7.81. The van der Waals surface area contributed by atoms with Gasteiger partial charge in [0.05, 0.1) is 29.1 Å². The first kappa shape index (κ1) is 22.5. The van der Waals surface area contributed by atoms with Crippen molar-refractivity contribution in [3.8, 4) is 11.1 Å². The summed E-state index contributed by atoms with van der Waals surface area (Å²) in [4.78, 5) is 35.9. The number of carbonyl (C=O) groups excluding carboxylic acids is 2. The average Bonchev–Trinajstić information content (AvgIpc) is 3.03. The summed E-state index contributed by atoms with van der Waals surface area (Å²) in [7, 11) is 0. The van der Waals surface area contributed by atoms with Gasteiger partial charge in [0.25, 0.3) is 11.8 Å². The zero-order valence-electron chi connectivity index (χ0n) is 17.7. The minimum Gasteiger partial charge on any atom is -0.393 e. The summed E-state index contributed by atoms with van der Waals surface area (Å²) in [5.74, 6) is -2.68. The topological polar surface area (TPSA) is 95.4 Å². The summed E-state index contributed by atoms with van der Waals surface area (Å²) >= 11 is 0. The third-order valence-electron chi connectivity index (χ3n) is 5.54. The first-order valence-corrected chi connectivity index (χ1v) is 10.6. The van der Waals surface area contributed by atoms with Gasteiger partial charge in [-0.05, 0) is 43.5 Å². The van der Waals surface area contributed by atoms with Gasteiger partial charge in [-0.1, -0.05) is 12.1 Å². The molecule has 0 spiro atoms. The van der Waals surface area contributed by atoms with Crippen LogP contribution in [0.1, 0.15) is 40.1 Å². The minimum atomic E-state index is -0.822. The second kappa shape index (κ2) is 9.83. The van der Waals surface area contributed by atoms with E-state index in [0.717, 1.165) is 12.1 Å². The lowest BCUT2D eigenvalue weighted by atomic mass is 10.0. The van der Waals surface area contributed by atoms with Crippen LogP contribution >= 0.6 is 0 Å². The predicted molar refractivity (Wildman–Crippen MR) is 118 cm³/mol. The normalized spacial score (nSPS) is 16.2. The van der Waals surface area contributed by atoms with E-state index in [9.17, 15) is 23.5 Å². The highest BCUT2D eigenvalue weighted by molar-refractivity contribution is 6.10. The number of nitrogens with one attached hydrogen (secondary N) is 1. The maximum atomic E-state index is 14.4. The predicted octanol–water partition coefficient (Wildman–Crippen LogP) is 3.66. The Morgan fingerprint density at radius 1 is 1.03 bits per heavy atom. The van der Waals surface area contributed by atoms with Crippen LogP contribution in [0.25, 0.3) is 11.1 Å². The van der Waals surface area contributed by atoms with Crippen molar-refractivity contribution in [2.45, 2.75) is 25.4 Å². The van der Waals surface area contributed by atoms with Crippen LogP contribution in [0.2, 0.25) is 0 Å². The Labute approximate surface area is 189 Å². The lowest BCUT2D eigenvalue weighted by Crippen LogP contribution is -2.33. The van der Waals surface area contributed by atoms with Crippen LogP contribution in [0.3, 0.4) is 0 Å². The molecule has 7 nitrogen and oxygen atoms in total. The van der Waals surface area contributed by atoms with Crippen molar-refractivity contribution in [3.05, 3.63) is 77.9 Å². The number of rotatable bonds is 4. The number of carbonyl (C=O) groups is 2. The molecule has 1 aromatic carbocycles. The number of anilines is 1. The summed E-state index contributed by atoms with van der Waals surface area (Å²) < 4.78 is 28.7. The van der Waals surface area contributed by atoms with Crippen molar-refractivity contribution in [3.63, 3.8) is 0 Å². The molecule has 3 aromatic rings. The highest BCUT2D eigenvalue weighted by Crippen LogP contribution is 2.29. The van der Waals surface area contributed by atoms with Gasteiger partial charge in [0.15, 0.2) is 0 Å². The summed E-state index contributed by atoms with van der Waals surface area (Å²) in [5.41, 5.74) is -0.181. The lowest BCUT2D eigenvalue weighted by molar-refractivity contribution is 0.0754. The van der Waals surface area contributed by atoms with Crippen molar-refractivity contribution in [1.29, 1.82) is 0 Å². The van der Waals surface area contributed by atoms with Gasteiger partial charge in [-0.25, -0.2) is 8.78 Å². The quantitative estimate of drug-likeness (QED) is 0.630. The summed E-state index contributed by atoms with van der Waals surface area (Å²) in [6.45, 7) is 0.884. The molecule has 0 saturated carbocycles. The third kappa shape index (κ3) is 4.88. The Kier molecular flexibility index (Phi) is 6.69. The highest BCUT2D eigenvalue weighted by Gasteiger charge is 2.25. The lowest BCUT2D eigenvalue weighted by Gasteiger charge is -2.22. The molecule has 0 bridgehead atoms. The van der Waals surface area contributed by atoms with Crippen LogP contribution in [0.15, 0.2) is 55.0 Å². The Balaban J connectivity index is 1.63. The average molecular weight is 452 g/mol. The van der Waals surface area contributed by atoms with Crippen molar-refractivity contribution in [1.82, 2.24) is 14.9 Å². The molecule has 33 heavy (non-hydrogen) atoms. The van der Waals surface area contributed by atoms with Gasteiger partial charge in [-0.2, -0.15) is 0 Å². The fourth-order valence-electron chi connectivity index (χ4n) is 3.86. The molecule has 3 heterocycles. The zero-order chi connectivity index (χ0) is 23.4. The van der Waals surface area contributed by atoms with E-state index < -0.39 is 23.6 Å². The standard InChI is InChI=1S/C24H22F2N4O3/c25-18-6-1-7-19(26)21(18)17-5-2-10-28-22(17)23(32)29-20-14-27-11-8-16(20)24(33)30-12-3-4-15(31)9-13-30/h1-2,5-8,10-11,14-15,31H,3-4,9,12-13H2,(H,29,32). The van der Waals surface area contributed by atoms with E-state index in [0.29, 0.717) is 32.4 Å². The number of aliphatic hydroxyl groups excluding tert-OH is 1. The number of aromatic nitrogens is 2. The molecule has 170 valence electrons. The van der Waals surface area contributed by atoms with Crippen LogP contribution in [-0.4, -0.2) is 51.0 Å². The van der Waals surface area contributed by atoms with Crippen molar-refractivity contribution in [2.24, 2.45) is 0 Å². The molecule has 1 aliphatic heterocycles. The number of benzene rings is 1. The maximum Gasteiger partial charge on any atom is 0.274 e. The fourth-order valence-corrected chi connectivity index (χ4v) is 3.86. The van der Waals surface area contributed by atoms with E-state index in [4.69, 9.17) is 0 Å². The molecule has 1 unspecified atom stereocenters. The molecule has 1 atom stereocenters. The number of amides is 2. The molecular weight excluding hydrogens is 430 g/mol. The number of likely N-dealkylation sites (tertiary alicyclic amines) is 1. The number of aliphatic hydroxyl groups is 1. The van der Waals surface area contributed by atoms with Gasteiger partial charge < -0.3 is 15.3 Å². The Bertz CT molecular complexity index is 1170. The molecule has 1 saturated heterocycles. The monoisotopic (exact) mass is 452 g/mol. The molecule has 4 rings (SSSR count). The molecule has 0 aliphatic carbocycles. The number of nitrogens with zero attached hydrogens (tertiary/aromatic N) is 3. The zero-order valence-corrected chi connectivity index (χ0v) is 17.7. The van der Waals surface area contributed by atoms with Crippen LogP contribution in [0.4, 0.5) is 14.5 Å². The molecule has 2 N–H and O–H groups in total. The number of halogens is 2. The van der Waals surface area contributed by atoms with E-state index >= 15 is 0 Å². The molecule has 1 fully saturated rings. The van der Waals surface area contributed by atoms with E-state index in [1.807, 2.05) is 0 Å². The molecule has 9 heteroatoms. The van der Waals surface area contributed by atoms with Gasteiger partial charge in [0.2, 0.25) is 0 Å². The molecule has 0 radical (unpaired) electrons. The van der Waals surface area contributed by atoms with Gasteiger partial charge in [0.1, 0.15) is 17.3 Å². The van der Waals surface area contributed by atoms with Gasteiger partial charge in [-0.15, -0.1) is 0 Å². The van der Waals surface area contributed by atoms with Crippen LogP contribution in [-0.2, 0) is 0 Å². The highest BCUT2D eigenvalue weighted by atomic mass is 19.1. The third-order valence-corrected chi connectivity index (χ3v) is 5.54. The number of hydrogen-bond donors (Lipinski definition) is 2. The SMILES string of the molecule is O=C(Nc1cnccc1C(=O)N1CCCC(O)CC1)c1ncccc1-c1c(F)cccc1F. The van der Waals surface area contributed by atoms with Crippen LogP contribution in [0, 0.1) is 11.6 Å². The largest absolute Gasteiger partial charge is 0.393 e. The number of hydrogen-bond acceptors (Lipinski definition) is 5. The Morgan fingerprint density at radius 2 is 1.82 bits per heavy atom. The van der Waals surface area contributed by atoms with Crippen molar-refractivity contribution < 1.29 is 23.5 Å². The maximum absolute atomic E-state index is 14.4. The summed E-state index contributed by atoms with van der Waals surface area (Å²) in [6.07, 6.45) is 5.45. The smallest absolute Gasteiger partial charge is 0.274 e. The van der Waals surface area contributed by atoms with Crippen LogP contribution in [0.5, 0.6) is 0 Å².